The van der Waals surface area contributed by atoms with E-state index in [0.29, 0.717) is 0 Å². The number of hydrogen-bond acceptors (Lipinski definition) is 5. The average Bonchev–Trinajstić information content (AvgIpc) is 2.36. The number of nitrogens with zero attached hydrogens (tertiary/aromatic N) is 4. The molecule has 17 heavy (non-hydrogen) atoms. The lowest BCUT2D eigenvalue weighted by Gasteiger charge is -2.04. The fraction of sp³-hybridized carbons (Fsp3) is 0.200. The van der Waals surface area contributed by atoms with Crippen molar-refractivity contribution in [3.63, 3.8) is 0 Å². The van der Waals surface area contributed by atoms with E-state index in [1.807, 2.05) is 0 Å². The summed E-state index contributed by atoms with van der Waals surface area (Å²) in [5.74, 6) is -0.705. The molecule has 0 heterocycles. The molecule has 1 rings (SSSR count). The largest absolute Gasteiger partial charge is 0.460 e. The Hall–Kier alpha value is -2.55. The molecule has 0 unspecified atom stereocenters. The van der Waals surface area contributed by atoms with Crippen molar-refractivity contribution in [2.45, 2.75) is 0 Å². The van der Waals surface area contributed by atoms with Gasteiger partial charge in [0, 0.05) is 10.6 Å². The van der Waals surface area contributed by atoms with Crippen LogP contribution in [0.15, 0.2) is 23.3 Å². The first-order valence-electron chi connectivity index (χ1n) is 4.60. The molecule has 0 aliphatic heterocycles. The molecule has 0 aliphatic rings. The number of carbonyl (C=O) groups is 1. The second-order valence-electron chi connectivity index (χ2n) is 2.89. The first kappa shape index (κ1) is 12.5. The highest BCUT2D eigenvalue weighted by molar-refractivity contribution is 5.92. The van der Waals surface area contributed by atoms with Crippen molar-refractivity contribution in [2.75, 3.05) is 13.2 Å². The van der Waals surface area contributed by atoms with Crippen molar-refractivity contribution < 1.29 is 14.6 Å². The maximum atomic E-state index is 11.5. The van der Waals surface area contributed by atoms with Crippen LogP contribution >= 0.6 is 0 Å². The van der Waals surface area contributed by atoms with Crippen molar-refractivity contribution in [3.8, 4) is 6.07 Å². The van der Waals surface area contributed by atoms with Crippen LogP contribution in [0.3, 0.4) is 0 Å². The number of azide groups is 1. The van der Waals surface area contributed by atoms with Gasteiger partial charge in [-0.2, -0.15) is 5.26 Å². The van der Waals surface area contributed by atoms with E-state index in [2.05, 4.69) is 14.8 Å². The van der Waals surface area contributed by atoms with E-state index in [1.165, 1.54) is 18.2 Å². The number of ether oxygens (including phenoxy) is 1. The third-order valence-corrected chi connectivity index (χ3v) is 1.83. The Morgan fingerprint density at radius 2 is 2.41 bits per heavy atom. The standard InChI is InChI=1S/C10H8N4O3/c11-6-7-5-8(13-14-12)1-2-9(7)10(16)17-4-3-15/h1-2,5,15H,3-4H2. The summed E-state index contributed by atoms with van der Waals surface area (Å²) in [6, 6.07) is 5.83. The van der Waals surface area contributed by atoms with Crippen LogP contribution < -0.4 is 0 Å². The van der Waals surface area contributed by atoms with Crippen molar-refractivity contribution in [1.82, 2.24) is 0 Å². The summed E-state index contributed by atoms with van der Waals surface area (Å²) in [6.45, 7) is -0.424. The van der Waals surface area contributed by atoms with Gasteiger partial charge in [0.2, 0.25) is 0 Å². The van der Waals surface area contributed by atoms with Gasteiger partial charge in [-0.1, -0.05) is 11.2 Å². The Labute approximate surface area is 96.5 Å². The molecular weight excluding hydrogens is 224 g/mol. The summed E-state index contributed by atoms with van der Waals surface area (Å²) >= 11 is 0. The van der Waals surface area contributed by atoms with Crippen LogP contribution in [-0.4, -0.2) is 24.3 Å². The summed E-state index contributed by atoms with van der Waals surface area (Å²) in [7, 11) is 0. The van der Waals surface area contributed by atoms with Crippen molar-refractivity contribution >= 4 is 11.7 Å². The lowest BCUT2D eigenvalue weighted by molar-refractivity contribution is 0.0433. The third kappa shape index (κ3) is 3.21. The first-order chi connectivity index (χ1) is 8.22. The molecule has 1 aromatic carbocycles. The highest BCUT2D eigenvalue weighted by Crippen LogP contribution is 2.18. The van der Waals surface area contributed by atoms with E-state index >= 15 is 0 Å². The van der Waals surface area contributed by atoms with Gasteiger partial charge in [0.25, 0.3) is 0 Å². The number of nitriles is 1. The molecule has 0 atom stereocenters. The van der Waals surface area contributed by atoms with Crippen LogP contribution in [-0.2, 0) is 4.74 Å². The molecule has 0 saturated heterocycles. The molecule has 0 aliphatic carbocycles. The van der Waals surface area contributed by atoms with E-state index < -0.39 is 5.97 Å². The molecule has 1 N–H and O–H groups in total. The Morgan fingerprint density at radius 3 is 3.00 bits per heavy atom. The molecular formula is C10H8N4O3. The number of hydrogen-bond donors (Lipinski definition) is 1. The maximum absolute atomic E-state index is 11.5. The van der Waals surface area contributed by atoms with Gasteiger partial charge < -0.3 is 9.84 Å². The SMILES string of the molecule is N#Cc1cc(N=[N+]=[N-])ccc1C(=O)OCCO. The lowest BCUT2D eigenvalue weighted by Crippen LogP contribution is -2.10. The second kappa shape index (κ2) is 6.12. The summed E-state index contributed by atoms with van der Waals surface area (Å²) in [6.07, 6.45) is 0. The summed E-state index contributed by atoms with van der Waals surface area (Å²) < 4.78 is 4.68. The maximum Gasteiger partial charge on any atom is 0.339 e. The molecule has 1 aromatic rings. The number of aliphatic hydroxyl groups is 1. The van der Waals surface area contributed by atoms with E-state index in [0.717, 1.165) is 0 Å². The highest BCUT2D eigenvalue weighted by atomic mass is 16.5. The fourth-order valence-corrected chi connectivity index (χ4v) is 1.13. The minimum absolute atomic E-state index is 0.0536. The molecule has 7 nitrogen and oxygen atoms in total. The quantitative estimate of drug-likeness (QED) is 0.367. The monoisotopic (exact) mass is 232 g/mol. The average molecular weight is 232 g/mol. The third-order valence-electron chi connectivity index (χ3n) is 1.83. The Morgan fingerprint density at radius 1 is 1.65 bits per heavy atom. The normalized spacial score (nSPS) is 8.94. The zero-order valence-electron chi connectivity index (χ0n) is 8.70. The van der Waals surface area contributed by atoms with E-state index in [-0.39, 0.29) is 30.0 Å². The summed E-state index contributed by atoms with van der Waals surface area (Å²) in [4.78, 5) is 14.0. The van der Waals surface area contributed by atoms with Crippen LogP contribution in [0.1, 0.15) is 15.9 Å². The Balaban J connectivity index is 3.05. The molecule has 0 bridgehead atoms. The van der Waals surface area contributed by atoms with Gasteiger partial charge in [-0.3, -0.25) is 0 Å². The highest BCUT2D eigenvalue weighted by Gasteiger charge is 2.12. The zero-order chi connectivity index (χ0) is 12.7. The molecule has 0 saturated carbocycles. The molecule has 0 spiro atoms. The topological polar surface area (TPSA) is 119 Å². The summed E-state index contributed by atoms with van der Waals surface area (Å²) in [5.41, 5.74) is 8.59. The molecule has 7 heteroatoms. The van der Waals surface area contributed by atoms with Crippen molar-refractivity contribution in [2.24, 2.45) is 5.11 Å². The van der Waals surface area contributed by atoms with E-state index in [9.17, 15) is 4.79 Å². The predicted molar refractivity (Wildman–Crippen MR) is 57.3 cm³/mol. The van der Waals surface area contributed by atoms with Crippen LogP contribution in [0.5, 0.6) is 0 Å². The van der Waals surface area contributed by atoms with Gasteiger partial charge in [-0.25, -0.2) is 4.79 Å². The molecule has 86 valence electrons. The number of aliphatic hydroxyl groups excluding tert-OH is 1. The van der Waals surface area contributed by atoms with Gasteiger partial charge in [0.05, 0.1) is 17.7 Å². The fourth-order valence-electron chi connectivity index (χ4n) is 1.13. The van der Waals surface area contributed by atoms with Crippen molar-refractivity contribution in [1.29, 1.82) is 5.26 Å². The minimum atomic E-state index is -0.705. The Kier molecular flexibility index (Phi) is 4.51. The predicted octanol–water partition coefficient (Wildman–Crippen LogP) is 1.65. The molecule has 0 amide bonds. The summed E-state index contributed by atoms with van der Waals surface area (Å²) in [5, 5.41) is 20.7. The second-order valence-corrected chi connectivity index (χ2v) is 2.89. The van der Waals surface area contributed by atoms with Crippen LogP contribution in [0.25, 0.3) is 10.4 Å². The molecule has 0 aromatic heterocycles. The molecule has 0 radical (unpaired) electrons. The number of carbonyl (C=O) groups excluding carboxylic acids is 1. The van der Waals surface area contributed by atoms with Crippen LogP contribution in [0.2, 0.25) is 0 Å². The molecule has 0 fully saturated rings. The minimum Gasteiger partial charge on any atom is -0.460 e. The van der Waals surface area contributed by atoms with Crippen LogP contribution in [0, 0.1) is 11.3 Å². The lowest BCUT2D eigenvalue weighted by atomic mass is 10.1. The smallest absolute Gasteiger partial charge is 0.339 e. The van der Waals surface area contributed by atoms with Gasteiger partial charge in [0.15, 0.2) is 0 Å². The van der Waals surface area contributed by atoms with Gasteiger partial charge >= 0.3 is 5.97 Å². The van der Waals surface area contributed by atoms with E-state index in [4.69, 9.17) is 15.9 Å². The van der Waals surface area contributed by atoms with E-state index in [1.54, 1.807) is 6.07 Å². The van der Waals surface area contributed by atoms with Gasteiger partial charge in [-0.15, -0.1) is 0 Å². The number of benzene rings is 1. The van der Waals surface area contributed by atoms with Crippen molar-refractivity contribution in [3.05, 3.63) is 39.8 Å². The van der Waals surface area contributed by atoms with Crippen LogP contribution in [0.4, 0.5) is 5.69 Å². The number of rotatable bonds is 4. The first-order valence-corrected chi connectivity index (χ1v) is 4.60. The Bertz CT molecular complexity index is 515. The zero-order valence-corrected chi connectivity index (χ0v) is 8.70. The number of esters is 1. The van der Waals surface area contributed by atoms with Gasteiger partial charge in [0.1, 0.15) is 12.7 Å². The van der Waals surface area contributed by atoms with Gasteiger partial charge in [-0.05, 0) is 17.7 Å².